The number of amides is 2. The van der Waals surface area contributed by atoms with Gasteiger partial charge in [-0.05, 0) is 24.5 Å². The van der Waals surface area contributed by atoms with Crippen molar-refractivity contribution in [3.05, 3.63) is 35.6 Å². The van der Waals surface area contributed by atoms with Gasteiger partial charge in [-0.15, -0.1) is 11.8 Å². The molecule has 2 rings (SSSR count). The fraction of sp³-hybridized carbons (Fsp3) is 0.500. The first kappa shape index (κ1) is 17.7. The Hall–Kier alpha value is -1.60. The van der Waals surface area contributed by atoms with E-state index in [4.69, 9.17) is 4.74 Å². The molecule has 0 spiro atoms. The number of methoxy groups -OCH3 is 1. The highest BCUT2D eigenvalue weighted by Gasteiger charge is 2.32. The summed E-state index contributed by atoms with van der Waals surface area (Å²) in [7, 11) is 1.61. The predicted octanol–water partition coefficient (Wildman–Crippen LogP) is 1.12. The number of ether oxygens (including phenoxy) is 1. The molecular weight excluding hydrogens is 319 g/mol. The fourth-order valence-electron chi connectivity index (χ4n) is 2.30. The average molecular weight is 340 g/mol. The molecule has 7 heteroatoms. The van der Waals surface area contributed by atoms with Crippen molar-refractivity contribution in [2.24, 2.45) is 0 Å². The number of nitrogens with one attached hydrogen (secondary N) is 2. The molecule has 0 aliphatic carbocycles. The molecule has 0 radical (unpaired) electrons. The molecule has 2 amide bonds. The number of thioether (sulfide) groups is 1. The standard InChI is InChI=1S/C16H21FN2O3S/c1-22-8-4-7-18-15(20)13-10-23-14(16(21)19-13)9-11-5-2-3-6-12(11)17/h2-3,5-6,13-14H,4,7-10H2,1H3,(H,18,20)(H,19,21)/t13-,14-/m0/s1. The van der Waals surface area contributed by atoms with Crippen molar-refractivity contribution < 1.29 is 18.7 Å². The third kappa shape index (κ3) is 5.21. The summed E-state index contributed by atoms with van der Waals surface area (Å²) in [5.41, 5.74) is 0.516. The van der Waals surface area contributed by atoms with Crippen LogP contribution in [-0.4, -0.2) is 49.1 Å². The van der Waals surface area contributed by atoms with E-state index in [9.17, 15) is 14.0 Å². The second-order valence-electron chi connectivity index (χ2n) is 5.32. The van der Waals surface area contributed by atoms with Crippen LogP contribution in [0, 0.1) is 5.82 Å². The monoisotopic (exact) mass is 340 g/mol. The molecule has 2 N–H and O–H groups in total. The molecule has 1 saturated heterocycles. The van der Waals surface area contributed by atoms with E-state index < -0.39 is 6.04 Å². The van der Waals surface area contributed by atoms with Gasteiger partial charge in [0.2, 0.25) is 11.8 Å². The molecule has 0 unspecified atom stereocenters. The molecule has 1 aromatic rings. The summed E-state index contributed by atoms with van der Waals surface area (Å²) in [6, 6.07) is 5.90. The number of halogens is 1. The summed E-state index contributed by atoms with van der Waals surface area (Å²) >= 11 is 1.39. The molecule has 0 bridgehead atoms. The lowest BCUT2D eigenvalue weighted by Crippen LogP contribution is -2.54. The molecule has 2 atom stereocenters. The van der Waals surface area contributed by atoms with Gasteiger partial charge in [-0.3, -0.25) is 9.59 Å². The molecule has 126 valence electrons. The van der Waals surface area contributed by atoms with Crippen LogP contribution in [0.3, 0.4) is 0 Å². The van der Waals surface area contributed by atoms with Crippen molar-refractivity contribution in [2.45, 2.75) is 24.1 Å². The highest BCUT2D eigenvalue weighted by atomic mass is 32.2. The van der Waals surface area contributed by atoms with Gasteiger partial charge in [-0.25, -0.2) is 4.39 Å². The molecule has 23 heavy (non-hydrogen) atoms. The molecule has 1 fully saturated rings. The highest BCUT2D eigenvalue weighted by Crippen LogP contribution is 2.23. The normalized spacial score (nSPS) is 20.9. The zero-order valence-electron chi connectivity index (χ0n) is 13.0. The number of benzene rings is 1. The summed E-state index contributed by atoms with van der Waals surface area (Å²) in [5, 5.41) is 5.12. The van der Waals surface area contributed by atoms with Crippen molar-refractivity contribution in [2.75, 3.05) is 26.0 Å². The molecule has 1 aromatic carbocycles. The van der Waals surface area contributed by atoms with Crippen LogP contribution < -0.4 is 10.6 Å². The number of rotatable bonds is 7. The van der Waals surface area contributed by atoms with E-state index in [1.807, 2.05) is 0 Å². The number of hydrogen-bond donors (Lipinski definition) is 2. The molecule has 0 saturated carbocycles. The van der Waals surface area contributed by atoms with Crippen molar-refractivity contribution in [3.63, 3.8) is 0 Å². The first-order chi connectivity index (χ1) is 11.1. The zero-order valence-corrected chi connectivity index (χ0v) is 13.8. The minimum Gasteiger partial charge on any atom is -0.385 e. The quantitative estimate of drug-likeness (QED) is 0.730. The summed E-state index contributed by atoms with van der Waals surface area (Å²) in [6.07, 6.45) is 1.05. The Balaban J connectivity index is 1.81. The van der Waals surface area contributed by atoms with Crippen molar-refractivity contribution in [3.8, 4) is 0 Å². The molecule has 0 aromatic heterocycles. The van der Waals surface area contributed by atoms with Gasteiger partial charge >= 0.3 is 0 Å². The lowest BCUT2D eigenvalue weighted by atomic mass is 10.1. The SMILES string of the molecule is COCCCNC(=O)[C@@H]1CS[C@@H](Cc2ccccc2F)C(=O)N1. The van der Waals surface area contributed by atoms with Gasteiger partial charge in [0.25, 0.3) is 0 Å². The van der Waals surface area contributed by atoms with Crippen LogP contribution in [0.5, 0.6) is 0 Å². The summed E-state index contributed by atoms with van der Waals surface area (Å²) in [6.45, 7) is 1.10. The Bertz CT molecular complexity index is 556. The maximum absolute atomic E-state index is 13.7. The molecule has 5 nitrogen and oxygen atoms in total. The van der Waals surface area contributed by atoms with E-state index in [0.29, 0.717) is 30.9 Å². The van der Waals surface area contributed by atoms with Crippen LogP contribution in [0.25, 0.3) is 0 Å². The van der Waals surface area contributed by atoms with Gasteiger partial charge < -0.3 is 15.4 Å². The Labute approximate surface area is 139 Å². The van der Waals surface area contributed by atoms with Gasteiger partial charge in [0.1, 0.15) is 11.9 Å². The summed E-state index contributed by atoms with van der Waals surface area (Å²) < 4.78 is 18.6. The topological polar surface area (TPSA) is 67.4 Å². The van der Waals surface area contributed by atoms with E-state index in [0.717, 1.165) is 6.42 Å². The van der Waals surface area contributed by atoms with Crippen molar-refractivity contribution >= 4 is 23.6 Å². The minimum absolute atomic E-state index is 0.189. The fourth-order valence-corrected chi connectivity index (χ4v) is 3.48. The average Bonchev–Trinajstić information content (AvgIpc) is 2.55. The second-order valence-corrected chi connectivity index (χ2v) is 6.55. The lowest BCUT2D eigenvalue weighted by Gasteiger charge is -2.28. The van der Waals surface area contributed by atoms with Crippen LogP contribution in [0.4, 0.5) is 4.39 Å². The molecule has 1 aliphatic heterocycles. The first-order valence-electron chi connectivity index (χ1n) is 7.54. The summed E-state index contributed by atoms with van der Waals surface area (Å²) in [4.78, 5) is 24.1. The van der Waals surface area contributed by atoms with Gasteiger partial charge in [0.05, 0.1) is 5.25 Å². The molecular formula is C16H21FN2O3S. The third-order valence-electron chi connectivity index (χ3n) is 3.58. The minimum atomic E-state index is -0.535. The van der Waals surface area contributed by atoms with Crippen LogP contribution in [0.2, 0.25) is 0 Å². The number of carbonyl (C=O) groups excluding carboxylic acids is 2. The number of hydrogen-bond acceptors (Lipinski definition) is 4. The Morgan fingerprint density at radius 2 is 2.26 bits per heavy atom. The van der Waals surface area contributed by atoms with Crippen LogP contribution in [0.1, 0.15) is 12.0 Å². The Morgan fingerprint density at radius 3 is 2.96 bits per heavy atom. The maximum atomic E-state index is 13.7. The third-order valence-corrected chi connectivity index (χ3v) is 4.89. The zero-order chi connectivity index (χ0) is 16.7. The summed E-state index contributed by atoms with van der Waals surface area (Å²) in [5.74, 6) is -0.229. The van der Waals surface area contributed by atoms with Crippen LogP contribution in [0.15, 0.2) is 24.3 Å². The molecule has 1 heterocycles. The van der Waals surface area contributed by atoms with Gasteiger partial charge in [0.15, 0.2) is 0 Å². The smallest absolute Gasteiger partial charge is 0.243 e. The van der Waals surface area contributed by atoms with Gasteiger partial charge in [-0.2, -0.15) is 0 Å². The Kier molecular flexibility index (Phi) is 6.85. The predicted molar refractivity (Wildman–Crippen MR) is 87.8 cm³/mol. The maximum Gasteiger partial charge on any atom is 0.243 e. The largest absolute Gasteiger partial charge is 0.385 e. The highest BCUT2D eigenvalue weighted by molar-refractivity contribution is 8.00. The Morgan fingerprint density at radius 1 is 1.48 bits per heavy atom. The van der Waals surface area contributed by atoms with Gasteiger partial charge in [-0.1, -0.05) is 18.2 Å². The molecule has 1 aliphatic rings. The van der Waals surface area contributed by atoms with E-state index in [2.05, 4.69) is 10.6 Å². The van der Waals surface area contributed by atoms with E-state index in [1.165, 1.54) is 17.8 Å². The first-order valence-corrected chi connectivity index (χ1v) is 8.58. The van der Waals surface area contributed by atoms with E-state index in [-0.39, 0.29) is 22.9 Å². The second kappa shape index (κ2) is 8.88. The lowest BCUT2D eigenvalue weighted by molar-refractivity contribution is -0.128. The van der Waals surface area contributed by atoms with Crippen molar-refractivity contribution in [1.82, 2.24) is 10.6 Å². The van der Waals surface area contributed by atoms with E-state index >= 15 is 0 Å². The number of carbonyl (C=O) groups is 2. The van der Waals surface area contributed by atoms with Crippen molar-refractivity contribution in [1.29, 1.82) is 0 Å². The van der Waals surface area contributed by atoms with Gasteiger partial charge in [0, 0.05) is 26.0 Å². The van der Waals surface area contributed by atoms with Crippen LogP contribution >= 0.6 is 11.8 Å². The van der Waals surface area contributed by atoms with E-state index in [1.54, 1.807) is 25.3 Å². The van der Waals surface area contributed by atoms with Crippen LogP contribution in [-0.2, 0) is 20.7 Å².